The Morgan fingerprint density at radius 3 is 2.44 bits per heavy atom. The maximum Gasteiger partial charge on any atom is 0.0663 e. The molecule has 3 aliphatic carbocycles. The molecule has 4 atom stereocenters. The molecule has 104 valence electrons. The van der Waals surface area contributed by atoms with Crippen LogP contribution in [0.3, 0.4) is 0 Å². The van der Waals surface area contributed by atoms with Crippen molar-refractivity contribution in [2.45, 2.75) is 88.7 Å². The topological polar surface area (TPSA) is 9.23 Å². The summed E-state index contributed by atoms with van der Waals surface area (Å²) in [5.74, 6) is 0.859. The Balaban J connectivity index is 1.59. The Hall–Kier alpha value is 0.250. The molecule has 0 bridgehead atoms. The molecular formula is C16H27ClO. The van der Waals surface area contributed by atoms with Crippen LogP contribution in [0.4, 0.5) is 0 Å². The number of hydrogen-bond acceptors (Lipinski definition) is 1. The molecule has 3 saturated carbocycles. The third-order valence-corrected chi connectivity index (χ3v) is 6.33. The van der Waals surface area contributed by atoms with Gasteiger partial charge in [0.25, 0.3) is 0 Å². The molecule has 3 fully saturated rings. The van der Waals surface area contributed by atoms with E-state index in [9.17, 15) is 0 Å². The molecule has 0 aliphatic heterocycles. The zero-order chi connectivity index (χ0) is 12.6. The molecule has 0 heterocycles. The summed E-state index contributed by atoms with van der Waals surface area (Å²) < 4.78 is 6.48. The van der Waals surface area contributed by atoms with Crippen molar-refractivity contribution in [3.63, 3.8) is 0 Å². The lowest BCUT2D eigenvalue weighted by atomic mass is 9.58. The van der Waals surface area contributed by atoms with E-state index < -0.39 is 0 Å². The zero-order valence-corrected chi connectivity index (χ0v) is 12.4. The van der Waals surface area contributed by atoms with E-state index in [0.717, 1.165) is 12.3 Å². The second-order valence-corrected chi connectivity index (χ2v) is 7.54. The summed E-state index contributed by atoms with van der Waals surface area (Å²) in [7, 11) is 0. The van der Waals surface area contributed by atoms with Crippen LogP contribution in [-0.4, -0.2) is 17.6 Å². The Bertz CT molecular complexity index is 285. The minimum atomic E-state index is 0.362. The van der Waals surface area contributed by atoms with Crippen molar-refractivity contribution in [3.8, 4) is 0 Å². The standard InChI is InChI=1S/C16H27ClO/c1-12-6-5-7-13(10-12)18-15-11-14(17)16(15)8-3-2-4-9-16/h12-15H,2-11H2,1H3. The van der Waals surface area contributed by atoms with Crippen LogP contribution < -0.4 is 0 Å². The van der Waals surface area contributed by atoms with Crippen LogP contribution in [0.2, 0.25) is 0 Å². The molecule has 18 heavy (non-hydrogen) atoms. The predicted octanol–water partition coefficient (Wildman–Crippen LogP) is 4.91. The van der Waals surface area contributed by atoms with E-state index in [0.29, 0.717) is 23.0 Å². The van der Waals surface area contributed by atoms with Crippen LogP contribution in [-0.2, 0) is 4.74 Å². The SMILES string of the molecule is CC1CCCC(OC2CC(Cl)C23CCCCC3)C1. The van der Waals surface area contributed by atoms with E-state index in [1.54, 1.807) is 0 Å². The minimum Gasteiger partial charge on any atom is -0.374 e. The van der Waals surface area contributed by atoms with Crippen LogP contribution in [0.15, 0.2) is 0 Å². The summed E-state index contributed by atoms with van der Waals surface area (Å²) in [6.45, 7) is 2.37. The third kappa shape index (κ3) is 2.33. The summed E-state index contributed by atoms with van der Waals surface area (Å²) in [6, 6.07) is 0. The van der Waals surface area contributed by atoms with Crippen molar-refractivity contribution >= 4 is 11.6 Å². The predicted molar refractivity (Wildman–Crippen MR) is 76.1 cm³/mol. The van der Waals surface area contributed by atoms with Gasteiger partial charge in [0.15, 0.2) is 0 Å². The molecule has 0 radical (unpaired) electrons. The molecule has 4 unspecified atom stereocenters. The van der Waals surface area contributed by atoms with Crippen molar-refractivity contribution in [1.82, 2.24) is 0 Å². The third-order valence-electron chi connectivity index (χ3n) is 5.72. The first-order valence-electron chi connectivity index (χ1n) is 8.00. The number of halogens is 1. The highest BCUT2D eigenvalue weighted by atomic mass is 35.5. The first kappa shape index (κ1) is 13.2. The van der Waals surface area contributed by atoms with E-state index in [4.69, 9.17) is 16.3 Å². The van der Waals surface area contributed by atoms with Crippen molar-refractivity contribution in [2.75, 3.05) is 0 Å². The zero-order valence-electron chi connectivity index (χ0n) is 11.7. The summed E-state index contributed by atoms with van der Waals surface area (Å²) in [5, 5.41) is 0.392. The van der Waals surface area contributed by atoms with Gasteiger partial charge >= 0.3 is 0 Å². The van der Waals surface area contributed by atoms with Gasteiger partial charge in [-0.1, -0.05) is 39.0 Å². The number of rotatable bonds is 2. The highest BCUT2D eigenvalue weighted by molar-refractivity contribution is 6.21. The molecule has 0 N–H and O–H groups in total. The number of ether oxygens (including phenoxy) is 1. The van der Waals surface area contributed by atoms with Gasteiger partial charge in [0, 0.05) is 10.8 Å². The van der Waals surface area contributed by atoms with E-state index in [1.807, 2.05) is 0 Å². The Morgan fingerprint density at radius 1 is 1.00 bits per heavy atom. The lowest BCUT2D eigenvalue weighted by molar-refractivity contribution is -0.161. The molecule has 0 amide bonds. The largest absolute Gasteiger partial charge is 0.374 e. The smallest absolute Gasteiger partial charge is 0.0663 e. The molecule has 0 aromatic rings. The van der Waals surface area contributed by atoms with Crippen molar-refractivity contribution in [1.29, 1.82) is 0 Å². The molecule has 1 spiro atoms. The fourth-order valence-corrected chi connectivity index (χ4v) is 4.99. The Kier molecular flexibility index (Phi) is 3.92. The molecule has 0 aromatic carbocycles. The normalized spacial score (nSPS) is 43.7. The highest BCUT2D eigenvalue weighted by Crippen LogP contribution is 2.56. The van der Waals surface area contributed by atoms with E-state index in [-0.39, 0.29) is 0 Å². The molecular weight excluding hydrogens is 244 g/mol. The average molecular weight is 271 g/mol. The summed E-state index contributed by atoms with van der Waals surface area (Å²) >= 11 is 6.55. The lowest BCUT2D eigenvalue weighted by Gasteiger charge is -2.56. The van der Waals surface area contributed by atoms with Gasteiger partial charge in [0.1, 0.15) is 0 Å². The van der Waals surface area contributed by atoms with Crippen LogP contribution in [0.1, 0.15) is 71.1 Å². The van der Waals surface area contributed by atoms with Crippen LogP contribution >= 0.6 is 11.6 Å². The van der Waals surface area contributed by atoms with E-state index in [2.05, 4.69) is 6.92 Å². The van der Waals surface area contributed by atoms with Gasteiger partial charge in [-0.05, 0) is 38.0 Å². The Morgan fingerprint density at radius 2 is 1.78 bits per heavy atom. The van der Waals surface area contributed by atoms with Crippen molar-refractivity contribution < 1.29 is 4.74 Å². The van der Waals surface area contributed by atoms with Crippen molar-refractivity contribution in [2.24, 2.45) is 11.3 Å². The van der Waals surface area contributed by atoms with E-state index >= 15 is 0 Å². The lowest BCUT2D eigenvalue weighted by Crippen LogP contribution is -2.57. The second kappa shape index (κ2) is 5.32. The highest BCUT2D eigenvalue weighted by Gasteiger charge is 2.55. The van der Waals surface area contributed by atoms with Gasteiger partial charge in [-0.15, -0.1) is 11.6 Å². The molecule has 1 nitrogen and oxygen atoms in total. The van der Waals surface area contributed by atoms with Crippen LogP contribution in [0.5, 0.6) is 0 Å². The fraction of sp³-hybridized carbons (Fsp3) is 1.00. The molecule has 2 heteroatoms. The van der Waals surface area contributed by atoms with Crippen LogP contribution in [0, 0.1) is 11.3 Å². The van der Waals surface area contributed by atoms with Gasteiger partial charge in [-0.3, -0.25) is 0 Å². The summed E-state index contributed by atoms with van der Waals surface area (Å²) in [5.41, 5.74) is 0.362. The van der Waals surface area contributed by atoms with Crippen LogP contribution in [0.25, 0.3) is 0 Å². The first-order valence-corrected chi connectivity index (χ1v) is 8.44. The van der Waals surface area contributed by atoms with Gasteiger partial charge < -0.3 is 4.74 Å². The molecule has 0 saturated heterocycles. The maximum atomic E-state index is 6.55. The fourth-order valence-electron chi connectivity index (χ4n) is 4.47. The maximum absolute atomic E-state index is 6.55. The molecule has 3 rings (SSSR count). The van der Waals surface area contributed by atoms with Gasteiger partial charge in [0.2, 0.25) is 0 Å². The number of alkyl halides is 1. The average Bonchev–Trinajstić information content (AvgIpc) is 2.39. The van der Waals surface area contributed by atoms with Crippen molar-refractivity contribution in [3.05, 3.63) is 0 Å². The quantitative estimate of drug-likeness (QED) is 0.648. The first-order chi connectivity index (χ1) is 8.71. The molecule has 0 aromatic heterocycles. The second-order valence-electron chi connectivity index (χ2n) is 7.02. The van der Waals surface area contributed by atoms with Gasteiger partial charge in [0.05, 0.1) is 12.2 Å². The monoisotopic (exact) mass is 270 g/mol. The Labute approximate surface area is 117 Å². The number of hydrogen-bond donors (Lipinski definition) is 0. The minimum absolute atomic E-state index is 0.362. The summed E-state index contributed by atoms with van der Waals surface area (Å²) in [4.78, 5) is 0. The molecule has 3 aliphatic rings. The van der Waals surface area contributed by atoms with Gasteiger partial charge in [-0.25, -0.2) is 0 Å². The van der Waals surface area contributed by atoms with E-state index in [1.165, 1.54) is 57.8 Å². The van der Waals surface area contributed by atoms with Gasteiger partial charge in [-0.2, -0.15) is 0 Å². The summed E-state index contributed by atoms with van der Waals surface area (Å²) in [6.07, 6.45) is 14.2.